The standard InChI is InChI=1S/C11H19ClN4O2/c1-5-6-16(7-9(17)15(3)4)11-14-13-10(18-11)8(2)12/h8H,5-7H2,1-4H3. The van der Waals surface area contributed by atoms with E-state index < -0.39 is 0 Å². The minimum Gasteiger partial charge on any atom is -0.406 e. The van der Waals surface area contributed by atoms with Crippen molar-refractivity contribution in [2.24, 2.45) is 0 Å². The maximum Gasteiger partial charge on any atom is 0.318 e. The van der Waals surface area contributed by atoms with Crippen LogP contribution in [0.25, 0.3) is 0 Å². The van der Waals surface area contributed by atoms with E-state index in [-0.39, 0.29) is 17.8 Å². The molecule has 1 aromatic rings. The molecule has 0 aromatic carbocycles. The summed E-state index contributed by atoms with van der Waals surface area (Å²) in [6.07, 6.45) is 0.884. The molecule has 1 rings (SSSR count). The van der Waals surface area contributed by atoms with Gasteiger partial charge in [-0.25, -0.2) is 0 Å². The Balaban J connectivity index is 2.79. The summed E-state index contributed by atoms with van der Waals surface area (Å²) < 4.78 is 5.44. The van der Waals surface area contributed by atoms with E-state index in [9.17, 15) is 4.79 Å². The molecule has 18 heavy (non-hydrogen) atoms. The third kappa shape index (κ3) is 3.87. The van der Waals surface area contributed by atoms with Crippen molar-refractivity contribution < 1.29 is 9.21 Å². The molecule has 0 saturated carbocycles. The first kappa shape index (κ1) is 14.8. The molecule has 102 valence electrons. The molecular formula is C11H19ClN4O2. The van der Waals surface area contributed by atoms with Crippen LogP contribution in [0.15, 0.2) is 4.42 Å². The normalized spacial score (nSPS) is 12.3. The number of amides is 1. The Morgan fingerprint density at radius 1 is 1.44 bits per heavy atom. The van der Waals surface area contributed by atoms with Crippen LogP contribution < -0.4 is 4.90 Å². The molecule has 0 N–H and O–H groups in total. The minimum atomic E-state index is -0.334. The third-order valence-electron chi connectivity index (χ3n) is 2.36. The molecule has 1 heterocycles. The van der Waals surface area contributed by atoms with Gasteiger partial charge in [0, 0.05) is 20.6 Å². The fraction of sp³-hybridized carbons (Fsp3) is 0.727. The molecule has 7 heteroatoms. The van der Waals surface area contributed by atoms with E-state index in [4.69, 9.17) is 16.0 Å². The molecule has 6 nitrogen and oxygen atoms in total. The lowest BCUT2D eigenvalue weighted by molar-refractivity contribution is -0.127. The largest absolute Gasteiger partial charge is 0.406 e. The van der Waals surface area contributed by atoms with Gasteiger partial charge in [-0.05, 0) is 13.3 Å². The number of anilines is 1. The van der Waals surface area contributed by atoms with Crippen molar-refractivity contribution in [2.45, 2.75) is 25.6 Å². The number of carbonyl (C=O) groups excluding carboxylic acids is 1. The predicted octanol–water partition coefficient (Wildman–Crippen LogP) is 1.67. The number of aromatic nitrogens is 2. The molecular weight excluding hydrogens is 256 g/mol. The topological polar surface area (TPSA) is 62.5 Å². The van der Waals surface area contributed by atoms with Crippen LogP contribution in [0.1, 0.15) is 31.5 Å². The molecule has 1 unspecified atom stereocenters. The second-order valence-electron chi connectivity index (χ2n) is 4.25. The van der Waals surface area contributed by atoms with E-state index in [1.165, 1.54) is 4.90 Å². The molecule has 0 aliphatic rings. The molecule has 1 atom stereocenters. The van der Waals surface area contributed by atoms with E-state index in [1.54, 1.807) is 25.9 Å². The Kier molecular flexibility index (Phi) is 5.40. The molecule has 0 spiro atoms. The van der Waals surface area contributed by atoms with Gasteiger partial charge in [0.05, 0.1) is 0 Å². The van der Waals surface area contributed by atoms with Crippen molar-refractivity contribution in [3.05, 3.63) is 5.89 Å². The second-order valence-corrected chi connectivity index (χ2v) is 4.90. The summed E-state index contributed by atoms with van der Waals surface area (Å²) in [6, 6.07) is 0.342. The number of likely N-dealkylation sites (N-methyl/N-ethyl adjacent to an activating group) is 1. The number of hydrogen-bond donors (Lipinski definition) is 0. The third-order valence-corrected chi connectivity index (χ3v) is 2.55. The van der Waals surface area contributed by atoms with Crippen LogP contribution in [0.3, 0.4) is 0 Å². The van der Waals surface area contributed by atoms with Gasteiger partial charge in [0.2, 0.25) is 11.8 Å². The maximum atomic E-state index is 11.7. The number of carbonyl (C=O) groups is 1. The zero-order chi connectivity index (χ0) is 13.7. The van der Waals surface area contributed by atoms with E-state index >= 15 is 0 Å². The SMILES string of the molecule is CCCN(CC(=O)N(C)C)c1nnc(C(C)Cl)o1. The highest BCUT2D eigenvalue weighted by atomic mass is 35.5. The average Bonchev–Trinajstić information content (AvgIpc) is 2.77. The van der Waals surface area contributed by atoms with Crippen molar-refractivity contribution in [1.29, 1.82) is 0 Å². The lowest BCUT2D eigenvalue weighted by Crippen LogP contribution is -2.37. The predicted molar refractivity (Wildman–Crippen MR) is 69.8 cm³/mol. The quantitative estimate of drug-likeness (QED) is 0.739. The monoisotopic (exact) mass is 274 g/mol. The van der Waals surface area contributed by atoms with E-state index in [0.717, 1.165) is 6.42 Å². The van der Waals surface area contributed by atoms with Gasteiger partial charge in [0.1, 0.15) is 11.9 Å². The summed E-state index contributed by atoms with van der Waals surface area (Å²) >= 11 is 5.86. The lowest BCUT2D eigenvalue weighted by Gasteiger charge is -2.20. The fourth-order valence-electron chi connectivity index (χ4n) is 1.33. The van der Waals surface area contributed by atoms with Crippen LogP contribution in [0, 0.1) is 0 Å². The molecule has 0 saturated heterocycles. The highest BCUT2D eigenvalue weighted by Gasteiger charge is 2.19. The van der Waals surface area contributed by atoms with Crippen LogP contribution in [-0.2, 0) is 4.79 Å². The van der Waals surface area contributed by atoms with Gasteiger partial charge < -0.3 is 14.2 Å². The molecule has 0 radical (unpaired) electrons. The van der Waals surface area contributed by atoms with Gasteiger partial charge >= 0.3 is 6.01 Å². The Labute approximate surface area is 112 Å². The molecule has 1 amide bonds. The van der Waals surface area contributed by atoms with E-state index in [0.29, 0.717) is 18.5 Å². The van der Waals surface area contributed by atoms with Crippen LogP contribution in [0.5, 0.6) is 0 Å². The van der Waals surface area contributed by atoms with Crippen molar-refractivity contribution in [1.82, 2.24) is 15.1 Å². The maximum absolute atomic E-state index is 11.7. The average molecular weight is 275 g/mol. The summed E-state index contributed by atoms with van der Waals surface area (Å²) in [4.78, 5) is 15.0. The molecule has 0 bridgehead atoms. The number of hydrogen-bond acceptors (Lipinski definition) is 5. The van der Waals surface area contributed by atoms with Crippen molar-refractivity contribution in [3.63, 3.8) is 0 Å². The Morgan fingerprint density at radius 2 is 2.11 bits per heavy atom. The van der Waals surface area contributed by atoms with Gasteiger partial charge in [-0.3, -0.25) is 4.79 Å². The molecule has 0 fully saturated rings. The Hall–Kier alpha value is -1.30. The zero-order valence-corrected chi connectivity index (χ0v) is 11.9. The van der Waals surface area contributed by atoms with Crippen LogP contribution in [0.2, 0.25) is 0 Å². The number of alkyl halides is 1. The van der Waals surface area contributed by atoms with E-state index in [1.807, 2.05) is 6.92 Å². The summed E-state index contributed by atoms with van der Waals surface area (Å²) in [5, 5.41) is 7.44. The van der Waals surface area contributed by atoms with Crippen molar-refractivity contribution >= 4 is 23.5 Å². The van der Waals surface area contributed by atoms with Gasteiger partial charge in [0.25, 0.3) is 0 Å². The van der Waals surface area contributed by atoms with Gasteiger partial charge in [-0.2, -0.15) is 0 Å². The van der Waals surface area contributed by atoms with Crippen LogP contribution in [0.4, 0.5) is 6.01 Å². The van der Waals surface area contributed by atoms with Crippen LogP contribution >= 0.6 is 11.6 Å². The van der Waals surface area contributed by atoms with E-state index in [2.05, 4.69) is 10.2 Å². The lowest BCUT2D eigenvalue weighted by atomic mass is 10.4. The van der Waals surface area contributed by atoms with Gasteiger partial charge in [-0.1, -0.05) is 12.0 Å². The number of nitrogens with zero attached hydrogens (tertiary/aromatic N) is 4. The van der Waals surface area contributed by atoms with Crippen molar-refractivity contribution in [2.75, 3.05) is 32.1 Å². The van der Waals surface area contributed by atoms with Gasteiger partial charge in [-0.15, -0.1) is 16.7 Å². The minimum absolute atomic E-state index is 0.0119. The summed E-state index contributed by atoms with van der Waals surface area (Å²) in [6.45, 7) is 4.68. The highest BCUT2D eigenvalue weighted by molar-refractivity contribution is 6.20. The molecule has 1 aromatic heterocycles. The number of halogens is 1. The first-order chi connectivity index (χ1) is 8.45. The summed E-state index contributed by atoms with van der Waals surface area (Å²) in [7, 11) is 3.43. The summed E-state index contributed by atoms with van der Waals surface area (Å²) in [5.41, 5.74) is 0. The second kappa shape index (κ2) is 6.58. The zero-order valence-electron chi connectivity index (χ0n) is 11.2. The molecule has 0 aliphatic heterocycles. The first-order valence-electron chi connectivity index (χ1n) is 5.88. The molecule has 0 aliphatic carbocycles. The first-order valence-corrected chi connectivity index (χ1v) is 6.32. The van der Waals surface area contributed by atoms with Crippen molar-refractivity contribution in [3.8, 4) is 0 Å². The Morgan fingerprint density at radius 3 is 2.56 bits per heavy atom. The fourth-order valence-corrected chi connectivity index (χ4v) is 1.42. The highest BCUT2D eigenvalue weighted by Crippen LogP contribution is 2.21. The van der Waals surface area contributed by atoms with Crippen LogP contribution in [-0.4, -0.2) is 48.2 Å². The smallest absolute Gasteiger partial charge is 0.318 e. The number of rotatable bonds is 6. The Bertz CT molecular complexity index is 392. The summed E-state index contributed by atoms with van der Waals surface area (Å²) in [5.74, 6) is 0.354. The van der Waals surface area contributed by atoms with Gasteiger partial charge in [0.15, 0.2) is 0 Å².